The summed E-state index contributed by atoms with van der Waals surface area (Å²) in [7, 11) is 0. The van der Waals surface area contributed by atoms with Gasteiger partial charge >= 0.3 is 0 Å². The first-order chi connectivity index (χ1) is 13.1. The van der Waals surface area contributed by atoms with E-state index in [4.69, 9.17) is 4.74 Å². The molecule has 3 aromatic rings. The zero-order chi connectivity index (χ0) is 18.8. The minimum Gasteiger partial charge on any atom is -0.488 e. The number of hydrogen-bond acceptors (Lipinski definition) is 2. The molecule has 0 fully saturated rings. The molecule has 1 aliphatic rings. The quantitative estimate of drug-likeness (QED) is 0.587. The number of nitrogens with zero attached hydrogens (tertiary/aromatic N) is 2. The second kappa shape index (κ2) is 7.61. The number of para-hydroxylation sites is 1. The fourth-order valence-electron chi connectivity index (χ4n) is 3.49. The molecule has 0 spiro atoms. The van der Waals surface area contributed by atoms with Gasteiger partial charge in [-0.15, -0.1) is 0 Å². The van der Waals surface area contributed by atoms with E-state index >= 15 is 0 Å². The van der Waals surface area contributed by atoms with Crippen LogP contribution in [0.2, 0.25) is 0 Å². The number of ether oxygens (including phenoxy) is 1. The maximum atomic E-state index is 13.0. The fraction of sp³-hybridized carbons (Fsp3) is 0.227. The molecule has 1 amide bonds. The molecular formula is C22H21BrN2O2. The van der Waals surface area contributed by atoms with Crippen LogP contribution in [0.4, 0.5) is 0 Å². The number of aromatic nitrogens is 1. The van der Waals surface area contributed by atoms with Crippen LogP contribution in [0.3, 0.4) is 0 Å². The van der Waals surface area contributed by atoms with E-state index in [-0.39, 0.29) is 11.9 Å². The predicted octanol–water partition coefficient (Wildman–Crippen LogP) is 5.05. The van der Waals surface area contributed by atoms with Crippen molar-refractivity contribution in [2.24, 2.45) is 0 Å². The highest BCUT2D eigenvalue weighted by atomic mass is 79.9. The van der Waals surface area contributed by atoms with Gasteiger partial charge in [0.05, 0.1) is 10.5 Å². The third-order valence-corrected chi connectivity index (χ3v) is 5.69. The van der Waals surface area contributed by atoms with Gasteiger partial charge in [-0.05, 0) is 64.8 Å². The van der Waals surface area contributed by atoms with Gasteiger partial charge in [-0.1, -0.05) is 24.3 Å². The number of amides is 1. The van der Waals surface area contributed by atoms with Crippen molar-refractivity contribution in [3.8, 4) is 5.75 Å². The Morgan fingerprint density at radius 2 is 1.85 bits per heavy atom. The van der Waals surface area contributed by atoms with E-state index < -0.39 is 0 Å². The number of carbonyl (C=O) groups is 1. The molecule has 1 unspecified atom stereocenters. The number of benzene rings is 2. The molecule has 2 aromatic carbocycles. The van der Waals surface area contributed by atoms with Crippen molar-refractivity contribution >= 4 is 21.8 Å². The van der Waals surface area contributed by atoms with Crippen LogP contribution < -0.4 is 4.74 Å². The Morgan fingerprint density at radius 3 is 2.63 bits per heavy atom. The van der Waals surface area contributed by atoms with Gasteiger partial charge in [0.25, 0.3) is 5.91 Å². The molecule has 5 heteroatoms. The van der Waals surface area contributed by atoms with Crippen LogP contribution in [0.15, 0.2) is 71.3 Å². The molecule has 1 aromatic heterocycles. The van der Waals surface area contributed by atoms with Crippen molar-refractivity contribution < 1.29 is 9.53 Å². The van der Waals surface area contributed by atoms with E-state index in [1.807, 2.05) is 59.5 Å². The van der Waals surface area contributed by atoms with Crippen LogP contribution in [0.5, 0.6) is 5.75 Å². The van der Waals surface area contributed by atoms with Gasteiger partial charge in [0, 0.05) is 30.5 Å². The molecule has 0 aliphatic carbocycles. The Bertz CT molecular complexity index is 949. The average molecular weight is 425 g/mol. The van der Waals surface area contributed by atoms with Gasteiger partial charge in [0.1, 0.15) is 12.4 Å². The standard InChI is InChI=1S/C22H21BrN2O2/c1-16-20-6-4-12-24(20)13-14-25(16)22(26)18-10-8-17(9-11-18)15-27-21-7-3-2-5-19(21)23/h2-12,16H,13-15H2,1H3. The lowest BCUT2D eigenvalue weighted by atomic mass is 10.1. The van der Waals surface area contributed by atoms with Gasteiger partial charge in [-0.25, -0.2) is 0 Å². The van der Waals surface area contributed by atoms with E-state index in [0.717, 1.165) is 28.9 Å². The zero-order valence-corrected chi connectivity index (χ0v) is 16.7. The summed E-state index contributed by atoms with van der Waals surface area (Å²) < 4.78 is 8.99. The van der Waals surface area contributed by atoms with Gasteiger partial charge < -0.3 is 14.2 Å². The van der Waals surface area contributed by atoms with E-state index in [0.29, 0.717) is 12.2 Å². The van der Waals surface area contributed by atoms with E-state index in [9.17, 15) is 4.79 Å². The van der Waals surface area contributed by atoms with E-state index in [1.54, 1.807) is 0 Å². The van der Waals surface area contributed by atoms with E-state index in [1.165, 1.54) is 5.69 Å². The Morgan fingerprint density at radius 1 is 1.07 bits per heavy atom. The molecular weight excluding hydrogens is 404 g/mol. The third-order valence-electron chi connectivity index (χ3n) is 5.03. The Labute approximate surface area is 167 Å². The largest absolute Gasteiger partial charge is 0.488 e. The summed E-state index contributed by atoms with van der Waals surface area (Å²) in [6, 6.07) is 19.7. The first-order valence-corrected chi connectivity index (χ1v) is 9.85. The van der Waals surface area contributed by atoms with Crippen molar-refractivity contribution in [3.05, 3.63) is 88.2 Å². The number of hydrogen-bond donors (Lipinski definition) is 0. The van der Waals surface area contributed by atoms with E-state index in [2.05, 4.69) is 39.7 Å². The monoisotopic (exact) mass is 424 g/mol. The number of rotatable bonds is 4. The molecule has 2 heterocycles. The summed E-state index contributed by atoms with van der Waals surface area (Å²) >= 11 is 3.48. The second-order valence-corrected chi connectivity index (χ2v) is 7.57. The number of halogens is 1. The molecule has 1 atom stereocenters. The van der Waals surface area contributed by atoms with Crippen LogP contribution in [0, 0.1) is 0 Å². The maximum Gasteiger partial charge on any atom is 0.254 e. The highest BCUT2D eigenvalue weighted by Gasteiger charge is 2.27. The Balaban J connectivity index is 1.43. The fourth-order valence-corrected chi connectivity index (χ4v) is 3.89. The number of carbonyl (C=O) groups excluding carboxylic acids is 1. The first-order valence-electron chi connectivity index (χ1n) is 9.06. The lowest BCUT2D eigenvalue weighted by Gasteiger charge is -2.35. The normalized spacial score (nSPS) is 16.1. The third kappa shape index (κ3) is 3.65. The molecule has 4 rings (SSSR count). The summed E-state index contributed by atoms with van der Waals surface area (Å²) in [5.41, 5.74) is 2.93. The first kappa shape index (κ1) is 17.9. The lowest BCUT2D eigenvalue weighted by Crippen LogP contribution is -2.40. The maximum absolute atomic E-state index is 13.0. The minimum absolute atomic E-state index is 0.0771. The highest BCUT2D eigenvalue weighted by Crippen LogP contribution is 2.27. The SMILES string of the molecule is CC1c2cccn2CCN1C(=O)c1ccc(COc2ccccc2Br)cc1. The zero-order valence-electron chi connectivity index (χ0n) is 15.1. The topological polar surface area (TPSA) is 34.5 Å². The van der Waals surface area contributed by atoms with Crippen molar-refractivity contribution in [1.82, 2.24) is 9.47 Å². The molecule has 27 heavy (non-hydrogen) atoms. The summed E-state index contributed by atoms with van der Waals surface area (Å²) in [4.78, 5) is 14.9. The van der Waals surface area contributed by atoms with Crippen molar-refractivity contribution in [2.75, 3.05) is 6.54 Å². The van der Waals surface area contributed by atoms with Crippen molar-refractivity contribution in [3.63, 3.8) is 0 Å². The molecule has 0 saturated heterocycles. The highest BCUT2D eigenvalue weighted by molar-refractivity contribution is 9.10. The van der Waals surface area contributed by atoms with Gasteiger partial charge in [0.15, 0.2) is 0 Å². The lowest BCUT2D eigenvalue weighted by molar-refractivity contribution is 0.0644. The summed E-state index contributed by atoms with van der Waals surface area (Å²) in [5, 5.41) is 0. The summed E-state index contributed by atoms with van der Waals surface area (Å²) in [6.07, 6.45) is 2.08. The van der Waals surface area contributed by atoms with Crippen LogP contribution in [-0.2, 0) is 13.2 Å². The smallest absolute Gasteiger partial charge is 0.254 e. The Kier molecular flexibility index (Phi) is 5.03. The van der Waals surface area contributed by atoms with Gasteiger partial charge in [-0.3, -0.25) is 4.79 Å². The molecule has 1 aliphatic heterocycles. The summed E-state index contributed by atoms with van der Waals surface area (Å²) in [6.45, 7) is 4.12. The van der Waals surface area contributed by atoms with Gasteiger partial charge in [-0.2, -0.15) is 0 Å². The van der Waals surface area contributed by atoms with Crippen LogP contribution >= 0.6 is 15.9 Å². The molecule has 0 saturated carbocycles. The Hall–Kier alpha value is -2.53. The average Bonchev–Trinajstić information content (AvgIpc) is 3.17. The predicted molar refractivity (Wildman–Crippen MR) is 109 cm³/mol. The molecule has 0 radical (unpaired) electrons. The van der Waals surface area contributed by atoms with Crippen molar-refractivity contribution in [2.45, 2.75) is 26.1 Å². The van der Waals surface area contributed by atoms with Crippen LogP contribution in [0.1, 0.15) is 34.6 Å². The number of fused-ring (bicyclic) bond motifs is 1. The summed E-state index contributed by atoms with van der Waals surface area (Å²) in [5.74, 6) is 0.885. The van der Waals surface area contributed by atoms with Crippen LogP contribution in [-0.4, -0.2) is 21.9 Å². The molecule has 0 bridgehead atoms. The van der Waals surface area contributed by atoms with Crippen molar-refractivity contribution in [1.29, 1.82) is 0 Å². The minimum atomic E-state index is 0.0771. The molecule has 138 valence electrons. The van der Waals surface area contributed by atoms with Crippen LogP contribution in [0.25, 0.3) is 0 Å². The van der Waals surface area contributed by atoms with Gasteiger partial charge in [0.2, 0.25) is 0 Å². The molecule has 4 nitrogen and oxygen atoms in total. The second-order valence-electron chi connectivity index (χ2n) is 6.72. The molecule has 0 N–H and O–H groups in total.